The van der Waals surface area contributed by atoms with Gasteiger partial charge in [-0.15, -0.1) is 11.3 Å². The van der Waals surface area contributed by atoms with E-state index in [4.69, 9.17) is 5.11 Å². The molecule has 1 aliphatic heterocycles. The van der Waals surface area contributed by atoms with E-state index in [9.17, 15) is 4.79 Å². The van der Waals surface area contributed by atoms with Crippen molar-refractivity contribution < 1.29 is 9.90 Å². The van der Waals surface area contributed by atoms with E-state index >= 15 is 0 Å². The minimum Gasteiger partial charge on any atom is -0.396 e. The Balaban J connectivity index is 1.85. The number of nitrogens with zero attached hydrogens (tertiary/aromatic N) is 3. The number of anilines is 1. The van der Waals surface area contributed by atoms with Crippen LogP contribution in [-0.4, -0.2) is 54.2 Å². The van der Waals surface area contributed by atoms with Crippen molar-refractivity contribution in [1.82, 2.24) is 9.88 Å². The quantitative estimate of drug-likeness (QED) is 0.847. The minimum absolute atomic E-state index is 0.0542. The molecule has 17 heavy (non-hydrogen) atoms. The molecule has 6 heteroatoms. The summed E-state index contributed by atoms with van der Waals surface area (Å²) in [5.74, 6) is 0.381. The molecule has 94 valence electrons. The van der Waals surface area contributed by atoms with Crippen LogP contribution in [0.4, 0.5) is 5.13 Å². The number of likely N-dealkylation sites (N-methyl/N-ethyl adjacent to an activating group) is 1. The molecular formula is C11H17N3O2S. The van der Waals surface area contributed by atoms with Crippen LogP contribution in [0.25, 0.3) is 0 Å². The molecule has 1 aliphatic rings. The van der Waals surface area contributed by atoms with Crippen LogP contribution in [0.3, 0.4) is 0 Å². The number of aliphatic hydroxyl groups is 1. The van der Waals surface area contributed by atoms with E-state index in [0.717, 1.165) is 24.6 Å². The fourth-order valence-corrected chi connectivity index (χ4v) is 2.62. The Morgan fingerprint density at radius 2 is 2.59 bits per heavy atom. The normalized spacial score (nSPS) is 20.7. The molecule has 2 rings (SSSR count). The number of likely N-dealkylation sites (tertiary alicyclic amines) is 1. The zero-order valence-corrected chi connectivity index (χ0v) is 10.7. The Morgan fingerprint density at radius 1 is 1.76 bits per heavy atom. The van der Waals surface area contributed by atoms with Gasteiger partial charge >= 0.3 is 0 Å². The molecule has 1 aromatic heterocycles. The maximum atomic E-state index is 12.0. The standard InChI is InChI=1S/C11H17N3O2S/c1-13(11-12-3-5-17-11)10(16)7-14-4-2-9(6-14)8-15/h3,5,9,15H,2,4,6-8H2,1H3. The number of rotatable bonds is 4. The molecule has 0 aliphatic carbocycles. The molecule has 1 saturated heterocycles. The van der Waals surface area contributed by atoms with Gasteiger partial charge in [-0.25, -0.2) is 4.98 Å². The summed E-state index contributed by atoms with van der Waals surface area (Å²) < 4.78 is 0. The van der Waals surface area contributed by atoms with Crippen LogP contribution >= 0.6 is 11.3 Å². The molecule has 0 spiro atoms. The highest BCUT2D eigenvalue weighted by Crippen LogP contribution is 2.18. The lowest BCUT2D eigenvalue weighted by atomic mass is 10.1. The fraction of sp³-hybridized carbons (Fsp3) is 0.636. The molecule has 0 bridgehead atoms. The summed E-state index contributed by atoms with van der Waals surface area (Å²) in [5, 5.41) is 11.6. The number of aromatic nitrogens is 1. The Bertz CT molecular complexity index is 369. The Morgan fingerprint density at radius 3 is 3.18 bits per heavy atom. The van der Waals surface area contributed by atoms with Crippen LogP contribution in [0, 0.1) is 5.92 Å². The molecule has 1 N–H and O–H groups in total. The van der Waals surface area contributed by atoms with E-state index in [-0.39, 0.29) is 12.5 Å². The summed E-state index contributed by atoms with van der Waals surface area (Å²) in [4.78, 5) is 19.8. The maximum absolute atomic E-state index is 12.0. The second-order valence-corrected chi connectivity index (χ2v) is 5.21. The first-order chi connectivity index (χ1) is 8.20. The summed E-state index contributed by atoms with van der Waals surface area (Å²) in [6.45, 7) is 2.33. The Kier molecular flexibility index (Phi) is 4.09. The molecule has 1 unspecified atom stereocenters. The molecule has 5 nitrogen and oxygen atoms in total. The first-order valence-electron chi connectivity index (χ1n) is 5.70. The van der Waals surface area contributed by atoms with Crippen molar-refractivity contribution in [2.45, 2.75) is 6.42 Å². The second-order valence-electron chi connectivity index (χ2n) is 4.34. The lowest BCUT2D eigenvalue weighted by Gasteiger charge is -2.19. The number of thiazole rings is 1. The van der Waals surface area contributed by atoms with Crippen LogP contribution in [-0.2, 0) is 4.79 Å². The molecule has 0 aromatic carbocycles. The van der Waals surface area contributed by atoms with Gasteiger partial charge in [0.25, 0.3) is 0 Å². The molecule has 2 heterocycles. The van der Waals surface area contributed by atoms with Crippen molar-refractivity contribution in [3.05, 3.63) is 11.6 Å². The van der Waals surface area contributed by atoms with Crippen molar-refractivity contribution in [2.24, 2.45) is 5.92 Å². The molecule has 1 amide bonds. The maximum Gasteiger partial charge on any atom is 0.242 e. The molecule has 1 fully saturated rings. The summed E-state index contributed by atoms with van der Waals surface area (Å²) in [5.41, 5.74) is 0. The van der Waals surface area contributed by atoms with E-state index in [0.29, 0.717) is 12.5 Å². The summed E-state index contributed by atoms with van der Waals surface area (Å²) in [7, 11) is 1.75. The van der Waals surface area contributed by atoms with E-state index in [2.05, 4.69) is 9.88 Å². The SMILES string of the molecule is CN(C(=O)CN1CCC(CO)C1)c1nccs1. The number of carbonyl (C=O) groups is 1. The molecule has 0 saturated carbocycles. The number of hydrogen-bond donors (Lipinski definition) is 1. The summed E-state index contributed by atoms with van der Waals surface area (Å²) >= 11 is 1.46. The molecule has 1 atom stereocenters. The topological polar surface area (TPSA) is 56.7 Å². The third-order valence-electron chi connectivity index (χ3n) is 3.07. The number of carbonyl (C=O) groups excluding carboxylic acids is 1. The predicted octanol–water partition coefficient (Wildman–Crippen LogP) is 0.420. The van der Waals surface area contributed by atoms with Crippen molar-refractivity contribution in [2.75, 3.05) is 38.2 Å². The zero-order chi connectivity index (χ0) is 12.3. The lowest BCUT2D eigenvalue weighted by Crippen LogP contribution is -2.37. The third-order valence-corrected chi connectivity index (χ3v) is 3.92. The van der Waals surface area contributed by atoms with Crippen molar-refractivity contribution >= 4 is 22.4 Å². The van der Waals surface area contributed by atoms with Crippen LogP contribution in [0.2, 0.25) is 0 Å². The van der Waals surface area contributed by atoms with Crippen molar-refractivity contribution in [3.63, 3.8) is 0 Å². The van der Waals surface area contributed by atoms with Gasteiger partial charge in [0.1, 0.15) is 0 Å². The molecular weight excluding hydrogens is 238 g/mol. The van der Waals surface area contributed by atoms with Gasteiger partial charge < -0.3 is 5.11 Å². The first kappa shape index (κ1) is 12.5. The Hall–Kier alpha value is -0.980. The summed E-state index contributed by atoms with van der Waals surface area (Å²) in [6, 6.07) is 0. The van der Waals surface area contributed by atoms with Crippen LogP contribution in [0.1, 0.15) is 6.42 Å². The van der Waals surface area contributed by atoms with E-state index in [1.165, 1.54) is 11.3 Å². The highest BCUT2D eigenvalue weighted by Gasteiger charge is 2.25. The van der Waals surface area contributed by atoms with E-state index in [1.54, 1.807) is 18.1 Å². The molecule has 1 aromatic rings. The van der Waals surface area contributed by atoms with Gasteiger partial charge in [0.05, 0.1) is 6.54 Å². The number of hydrogen-bond acceptors (Lipinski definition) is 5. The Labute approximate surface area is 105 Å². The summed E-state index contributed by atoms with van der Waals surface area (Å²) in [6.07, 6.45) is 2.67. The van der Waals surface area contributed by atoms with Gasteiger partial charge in [-0.05, 0) is 18.9 Å². The van der Waals surface area contributed by atoms with Gasteiger partial charge in [0.2, 0.25) is 5.91 Å². The van der Waals surface area contributed by atoms with Gasteiger partial charge in [0.15, 0.2) is 5.13 Å². The average Bonchev–Trinajstić information content (AvgIpc) is 2.98. The monoisotopic (exact) mass is 255 g/mol. The van der Waals surface area contributed by atoms with Gasteiger partial charge in [0, 0.05) is 31.8 Å². The van der Waals surface area contributed by atoms with E-state index in [1.807, 2.05) is 5.38 Å². The second kappa shape index (κ2) is 5.57. The van der Waals surface area contributed by atoms with Crippen molar-refractivity contribution in [3.8, 4) is 0 Å². The van der Waals surface area contributed by atoms with Crippen LogP contribution < -0.4 is 4.90 Å². The predicted molar refractivity (Wildman–Crippen MR) is 67.2 cm³/mol. The average molecular weight is 255 g/mol. The van der Waals surface area contributed by atoms with Crippen LogP contribution in [0.5, 0.6) is 0 Å². The third kappa shape index (κ3) is 3.02. The highest BCUT2D eigenvalue weighted by atomic mass is 32.1. The highest BCUT2D eigenvalue weighted by molar-refractivity contribution is 7.13. The van der Waals surface area contributed by atoms with Crippen LogP contribution in [0.15, 0.2) is 11.6 Å². The minimum atomic E-state index is 0.0542. The van der Waals surface area contributed by atoms with Gasteiger partial charge in [-0.3, -0.25) is 14.6 Å². The fourth-order valence-electron chi connectivity index (χ4n) is 1.99. The smallest absolute Gasteiger partial charge is 0.242 e. The van der Waals surface area contributed by atoms with Crippen molar-refractivity contribution in [1.29, 1.82) is 0 Å². The van der Waals surface area contributed by atoms with Gasteiger partial charge in [-0.2, -0.15) is 0 Å². The largest absolute Gasteiger partial charge is 0.396 e. The first-order valence-corrected chi connectivity index (χ1v) is 6.58. The van der Waals surface area contributed by atoms with E-state index < -0.39 is 0 Å². The lowest BCUT2D eigenvalue weighted by molar-refractivity contribution is -0.119. The zero-order valence-electron chi connectivity index (χ0n) is 9.87. The molecule has 0 radical (unpaired) electrons. The van der Waals surface area contributed by atoms with Gasteiger partial charge in [-0.1, -0.05) is 0 Å². The number of amides is 1. The number of aliphatic hydroxyl groups excluding tert-OH is 1.